The molecule has 0 heterocycles. The first-order valence-corrected chi connectivity index (χ1v) is 25.1. The Balaban J connectivity index is 4.43. The number of carbonyl (C=O) groups excluding carboxylic acids is 2. The Hall–Kier alpha value is -1.72. The number of nitrogens with two attached hydrogens (primary N) is 2. The lowest BCUT2D eigenvalue weighted by molar-refractivity contribution is -0.150. The SMILES string of the molecule is CCCCCCCCCOC(=O)CCCCCCCN(CCCCCCCC(=O)OC(CCCCCCCC)CCCCCCCC)CC/C(N)=N/S(N)(=O)=O. The smallest absolute Gasteiger partial charge is 0.318 e. The molecule has 0 rings (SSSR count). The van der Waals surface area contributed by atoms with E-state index in [-0.39, 0.29) is 23.9 Å². The maximum Gasteiger partial charge on any atom is 0.318 e. The van der Waals surface area contributed by atoms with Crippen LogP contribution < -0.4 is 10.9 Å². The van der Waals surface area contributed by atoms with E-state index in [0.29, 0.717) is 32.4 Å². The Labute approximate surface area is 346 Å². The van der Waals surface area contributed by atoms with Crippen molar-refractivity contribution in [2.24, 2.45) is 15.3 Å². The zero-order chi connectivity index (χ0) is 41.4. The molecule has 0 unspecified atom stereocenters. The Bertz CT molecular complexity index is 1030. The molecule has 0 aliphatic rings. The van der Waals surface area contributed by atoms with Crippen LogP contribution in [0.2, 0.25) is 0 Å². The number of unbranched alkanes of at least 4 members (excludes halogenated alkanes) is 24. The molecule has 4 N–H and O–H groups in total. The number of amidine groups is 1. The first kappa shape index (κ1) is 54.3. The fourth-order valence-corrected chi connectivity index (χ4v) is 7.63. The molecule has 0 aromatic carbocycles. The summed E-state index contributed by atoms with van der Waals surface area (Å²) in [6.45, 7) is 9.68. The number of ether oxygens (including phenoxy) is 2. The summed E-state index contributed by atoms with van der Waals surface area (Å²) in [6.07, 6.45) is 37.0. The fraction of sp³-hybridized carbons (Fsp3) is 0.933. The van der Waals surface area contributed by atoms with Gasteiger partial charge in [0.15, 0.2) is 0 Å². The first-order chi connectivity index (χ1) is 27.1. The van der Waals surface area contributed by atoms with Gasteiger partial charge in [0.2, 0.25) is 0 Å². The second-order valence-electron chi connectivity index (χ2n) is 16.3. The monoisotopic (exact) mass is 815 g/mol. The molecule has 332 valence electrons. The van der Waals surface area contributed by atoms with Gasteiger partial charge in [0.25, 0.3) is 0 Å². The quantitative estimate of drug-likeness (QED) is 0.0267. The third kappa shape index (κ3) is 40.5. The molecule has 0 atom stereocenters. The number of hydrogen-bond donors (Lipinski definition) is 2. The Morgan fingerprint density at radius 1 is 0.518 bits per heavy atom. The van der Waals surface area contributed by atoms with Crippen molar-refractivity contribution >= 4 is 28.0 Å². The number of esters is 2. The van der Waals surface area contributed by atoms with E-state index in [4.69, 9.17) is 20.3 Å². The summed E-state index contributed by atoms with van der Waals surface area (Å²) < 4.78 is 37.5. The van der Waals surface area contributed by atoms with Gasteiger partial charge in [0.1, 0.15) is 11.9 Å². The predicted octanol–water partition coefficient (Wildman–Crippen LogP) is 11.6. The van der Waals surface area contributed by atoms with Crippen molar-refractivity contribution in [2.45, 2.75) is 245 Å². The molecule has 0 aromatic heterocycles. The molecule has 0 aliphatic carbocycles. The molecule has 11 heteroatoms. The molecule has 0 aliphatic heterocycles. The largest absolute Gasteiger partial charge is 0.466 e. The molecule has 10 nitrogen and oxygen atoms in total. The van der Waals surface area contributed by atoms with Crippen molar-refractivity contribution in [3.63, 3.8) is 0 Å². The van der Waals surface area contributed by atoms with E-state index in [1.807, 2.05) is 0 Å². The van der Waals surface area contributed by atoms with Crippen LogP contribution in [-0.4, -0.2) is 63.4 Å². The summed E-state index contributed by atoms with van der Waals surface area (Å²) in [7, 11) is -4.00. The van der Waals surface area contributed by atoms with Gasteiger partial charge >= 0.3 is 22.1 Å². The van der Waals surface area contributed by atoms with Crippen molar-refractivity contribution in [1.29, 1.82) is 0 Å². The molecule has 0 amide bonds. The molecule has 0 fully saturated rings. The highest BCUT2D eigenvalue weighted by molar-refractivity contribution is 7.88. The molecular formula is C45H90N4O6S. The van der Waals surface area contributed by atoms with Gasteiger partial charge in [-0.25, -0.2) is 5.14 Å². The molecule has 56 heavy (non-hydrogen) atoms. The summed E-state index contributed by atoms with van der Waals surface area (Å²) in [5, 5.41) is 5.04. The third-order valence-corrected chi connectivity index (χ3v) is 11.2. The fourth-order valence-electron chi connectivity index (χ4n) is 7.22. The zero-order valence-electron chi connectivity index (χ0n) is 36.9. The van der Waals surface area contributed by atoms with Crippen LogP contribution >= 0.6 is 0 Å². The van der Waals surface area contributed by atoms with Gasteiger partial charge in [-0.05, 0) is 70.9 Å². The van der Waals surface area contributed by atoms with Crippen molar-refractivity contribution in [2.75, 3.05) is 26.2 Å². The second-order valence-corrected chi connectivity index (χ2v) is 17.5. The van der Waals surface area contributed by atoms with Crippen LogP contribution in [0.4, 0.5) is 0 Å². The maximum atomic E-state index is 12.8. The first-order valence-electron chi connectivity index (χ1n) is 23.6. The Kier molecular flexibility index (Phi) is 38.8. The van der Waals surface area contributed by atoms with Crippen molar-refractivity contribution < 1.29 is 27.5 Å². The van der Waals surface area contributed by atoms with Gasteiger partial charge in [-0.1, -0.05) is 162 Å². The lowest BCUT2D eigenvalue weighted by atomic mass is 10.0. The van der Waals surface area contributed by atoms with Crippen molar-refractivity contribution in [1.82, 2.24) is 4.90 Å². The summed E-state index contributed by atoms with van der Waals surface area (Å²) in [4.78, 5) is 27.2. The highest BCUT2D eigenvalue weighted by Crippen LogP contribution is 2.19. The maximum absolute atomic E-state index is 12.8. The van der Waals surface area contributed by atoms with Gasteiger partial charge in [0, 0.05) is 25.8 Å². The third-order valence-electron chi connectivity index (χ3n) is 10.7. The molecule has 0 saturated heterocycles. The Morgan fingerprint density at radius 2 is 0.911 bits per heavy atom. The summed E-state index contributed by atoms with van der Waals surface area (Å²) in [5.41, 5.74) is 5.85. The number of hydrogen-bond acceptors (Lipinski definition) is 7. The van der Waals surface area contributed by atoms with Crippen LogP contribution in [0, 0.1) is 0 Å². The molecule has 0 bridgehead atoms. The minimum absolute atomic E-state index is 0.0318. The van der Waals surface area contributed by atoms with E-state index in [2.05, 4.69) is 30.1 Å². The highest BCUT2D eigenvalue weighted by atomic mass is 32.2. The minimum Gasteiger partial charge on any atom is -0.466 e. The van der Waals surface area contributed by atoms with Gasteiger partial charge in [0.05, 0.1) is 6.61 Å². The standard InChI is InChI=1S/C45H90N4O6S/c1-4-7-10-13-16-25-32-41-54-44(50)35-28-21-17-23-30-38-49(40-37-43(46)48-56(47,52)53)39-31-24-18-22-29-36-45(51)55-42(33-26-19-14-11-8-5-2)34-27-20-15-12-9-6-3/h42H,4-41H2,1-3H3,(H2,46,48)(H2,47,52,53). The summed E-state index contributed by atoms with van der Waals surface area (Å²) in [5.74, 6) is -0.0767. The molecule has 0 radical (unpaired) electrons. The average molecular weight is 815 g/mol. The zero-order valence-corrected chi connectivity index (χ0v) is 37.7. The van der Waals surface area contributed by atoms with Gasteiger partial charge in [-0.2, -0.15) is 8.42 Å². The lowest BCUT2D eigenvalue weighted by Crippen LogP contribution is -2.31. The number of rotatable bonds is 43. The van der Waals surface area contributed by atoms with Crippen LogP contribution in [0.15, 0.2) is 4.40 Å². The molecule has 0 spiro atoms. The van der Waals surface area contributed by atoms with E-state index < -0.39 is 10.2 Å². The normalized spacial score (nSPS) is 12.2. The van der Waals surface area contributed by atoms with Gasteiger partial charge < -0.3 is 20.1 Å². The molecule has 0 saturated carbocycles. The van der Waals surface area contributed by atoms with E-state index in [9.17, 15) is 18.0 Å². The summed E-state index contributed by atoms with van der Waals surface area (Å²) >= 11 is 0. The highest BCUT2D eigenvalue weighted by Gasteiger charge is 2.15. The van der Waals surface area contributed by atoms with Crippen LogP contribution in [-0.2, 0) is 29.3 Å². The second kappa shape index (κ2) is 40.1. The number of nitrogens with zero attached hydrogens (tertiary/aromatic N) is 2. The minimum atomic E-state index is -4.00. The van der Waals surface area contributed by atoms with Crippen LogP contribution in [0.1, 0.15) is 239 Å². The van der Waals surface area contributed by atoms with E-state index >= 15 is 0 Å². The van der Waals surface area contributed by atoms with Crippen molar-refractivity contribution in [3.8, 4) is 0 Å². The summed E-state index contributed by atoms with van der Waals surface area (Å²) in [6, 6.07) is 0. The predicted molar refractivity (Wildman–Crippen MR) is 236 cm³/mol. The van der Waals surface area contributed by atoms with E-state index in [1.165, 1.54) is 96.3 Å². The van der Waals surface area contributed by atoms with Crippen molar-refractivity contribution in [3.05, 3.63) is 0 Å². The average Bonchev–Trinajstić information content (AvgIpc) is 3.15. The van der Waals surface area contributed by atoms with Crippen LogP contribution in [0.5, 0.6) is 0 Å². The topological polar surface area (TPSA) is 154 Å². The van der Waals surface area contributed by atoms with Crippen LogP contribution in [0.25, 0.3) is 0 Å². The van der Waals surface area contributed by atoms with E-state index in [1.54, 1.807) is 0 Å². The molecular weight excluding hydrogens is 725 g/mol. The van der Waals surface area contributed by atoms with E-state index in [0.717, 1.165) is 116 Å². The number of carbonyl (C=O) groups is 2. The van der Waals surface area contributed by atoms with Crippen LogP contribution in [0.3, 0.4) is 0 Å². The van der Waals surface area contributed by atoms with Gasteiger partial charge in [-0.3, -0.25) is 9.59 Å². The Morgan fingerprint density at radius 3 is 1.38 bits per heavy atom. The molecule has 0 aromatic rings. The lowest BCUT2D eigenvalue weighted by Gasteiger charge is -2.22. The van der Waals surface area contributed by atoms with Gasteiger partial charge in [-0.15, -0.1) is 4.40 Å².